The number of aromatic hydroxyl groups is 1. The number of phenols is 1. The van der Waals surface area contributed by atoms with Crippen molar-refractivity contribution in [3.05, 3.63) is 65.9 Å². The van der Waals surface area contributed by atoms with Crippen LogP contribution in [0.3, 0.4) is 0 Å². The predicted octanol–water partition coefficient (Wildman–Crippen LogP) is 5.85. The standard InChI is InChI=1S/C29H37N3O3.2ClH/c1-19(2)27(31-28(34)22-13-21-9-10-25(35-5)15-26(21)30-16-22)18-32-12-11-29(4,20(3)17-32)23-7-6-8-24(33)14-23;;/h6-10,13-16,19-20,27,33H,11-12,17-18H2,1-5H3,(H,31,34);2*1H/t20-,27+,29+;;/m0../s1. The lowest BCUT2D eigenvalue weighted by Gasteiger charge is -2.46. The van der Waals surface area contributed by atoms with Gasteiger partial charge in [0, 0.05) is 36.8 Å². The summed E-state index contributed by atoms with van der Waals surface area (Å²) in [6, 6.07) is 15.3. The Hall–Kier alpha value is -2.54. The molecule has 3 aromatic rings. The molecule has 1 amide bonds. The highest BCUT2D eigenvalue weighted by Gasteiger charge is 2.38. The molecule has 6 nitrogen and oxygen atoms in total. The number of hydrogen-bond acceptors (Lipinski definition) is 5. The van der Waals surface area contributed by atoms with Crippen LogP contribution in [0.15, 0.2) is 54.7 Å². The molecule has 2 aromatic carbocycles. The van der Waals surface area contributed by atoms with Gasteiger partial charge in [-0.2, -0.15) is 0 Å². The van der Waals surface area contributed by atoms with Crippen molar-refractivity contribution < 1.29 is 14.6 Å². The summed E-state index contributed by atoms with van der Waals surface area (Å²) < 4.78 is 5.27. The van der Waals surface area contributed by atoms with Crippen molar-refractivity contribution >= 4 is 41.6 Å². The molecule has 1 fully saturated rings. The van der Waals surface area contributed by atoms with E-state index in [4.69, 9.17) is 4.74 Å². The van der Waals surface area contributed by atoms with Crippen molar-refractivity contribution in [3.8, 4) is 11.5 Å². The van der Waals surface area contributed by atoms with Crippen LogP contribution in [-0.4, -0.2) is 53.7 Å². The number of carbonyl (C=O) groups excluding carboxylic acids is 1. The lowest BCUT2D eigenvalue weighted by atomic mass is 9.68. The number of likely N-dealkylation sites (tertiary alicyclic amines) is 1. The number of methoxy groups -OCH3 is 1. The third kappa shape index (κ3) is 6.86. The number of carbonyl (C=O) groups is 1. The lowest BCUT2D eigenvalue weighted by molar-refractivity contribution is 0.0815. The molecular formula is C29H39Cl2N3O3. The van der Waals surface area contributed by atoms with Crippen molar-refractivity contribution in [2.75, 3.05) is 26.7 Å². The second-order valence-corrected chi connectivity index (χ2v) is 10.5. The minimum Gasteiger partial charge on any atom is -0.508 e. The number of phenolic OH excluding ortho intramolecular Hbond substituents is 1. The Labute approximate surface area is 232 Å². The number of nitrogens with one attached hydrogen (secondary N) is 1. The van der Waals surface area contributed by atoms with Gasteiger partial charge in [-0.05, 0) is 66.1 Å². The normalized spacial score (nSPS) is 20.5. The summed E-state index contributed by atoms with van der Waals surface area (Å²) in [7, 11) is 1.63. The summed E-state index contributed by atoms with van der Waals surface area (Å²) in [5, 5.41) is 14.2. The van der Waals surface area contributed by atoms with E-state index in [2.05, 4.69) is 49.0 Å². The first kappa shape index (κ1) is 30.7. The van der Waals surface area contributed by atoms with Gasteiger partial charge in [0.2, 0.25) is 0 Å². The number of pyridine rings is 1. The number of ether oxygens (including phenoxy) is 1. The zero-order valence-electron chi connectivity index (χ0n) is 22.2. The SMILES string of the molecule is COc1ccc2cc(C(=O)N[C@H](CN3CC[C@@](C)(c4cccc(O)c4)[C@@H](C)C3)C(C)C)cnc2c1.Cl.Cl. The lowest BCUT2D eigenvalue weighted by Crippen LogP contribution is -2.53. The van der Waals surface area contributed by atoms with Gasteiger partial charge in [0.25, 0.3) is 5.91 Å². The number of nitrogens with zero attached hydrogens (tertiary/aromatic N) is 2. The first-order chi connectivity index (χ1) is 16.7. The van der Waals surface area contributed by atoms with Gasteiger partial charge in [-0.3, -0.25) is 9.78 Å². The number of fused-ring (bicyclic) bond motifs is 1. The Morgan fingerprint density at radius 2 is 1.97 bits per heavy atom. The topological polar surface area (TPSA) is 74.7 Å². The van der Waals surface area contributed by atoms with Crippen molar-refractivity contribution in [1.82, 2.24) is 15.2 Å². The van der Waals surface area contributed by atoms with Gasteiger partial charge in [0.05, 0.1) is 18.2 Å². The van der Waals surface area contributed by atoms with Crippen LogP contribution in [0.1, 0.15) is 50.0 Å². The second-order valence-electron chi connectivity index (χ2n) is 10.5. The number of rotatable bonds is 7. The van der Waals surface area contributed by atoms with Gasteiger partial charge in [-0.25, -0.2) is 0 Å². The molecule has 0 bridgehead atoms. The molecule has 1 aliphatic rings. The van der Waals surface area contributed by atoms with E-state index >= 15 is 0 Å². The van der Waals surface area contributed by atoms with Crippen LogP contribution in [-0.2, 0) is 5.41 Å². The molecule has 0 unspecified atom stereocenters. The number of amides is 1. The van der Waals surface area contributed by atoms with Crippen LogP contribution in [0.4, 0.5) is 0 Å². The smallest absolute Gasteiger partial charge is 0.253 e. The van der Waals surface area contributed by atoms with Crippen LogP contribution in [0, 0.1) is 11.8 Å². The van der Waals surface area contributed by atoms with Crippen LogP contribution in [0.5, 0.6) is 11.5 Å². The maximum absolute atomic E-state index is 13.1. The largest absolute Gasteiger partial charge is 0.508 e. The Morgan fingerprint density at radius 1 is 1.22 bits per heavy atom. The Bertz CT molecular complexity index is 1210. The highest BCUT2D eigenvalue weighted by atomic mass is 35.5. The van der Waals surface area contributed by atoms with E-state index in [9.17, 15) is 9.90 Å². The van der Waals surface area contributed by atoms with Gasteiger partial charge in [-0.1, -0.05) is 39.8 Å². The fraction of sp³-hybridized carbons (Fsp3) is 0.448. The number of piperidine rings is 1. The number of aromatic nitrogens is 1. The third-order valence-corrected chi connectivity index (χ3v) is 7.80. The summed E-state index contributed by atoms with van der Waals surface area (Å²) in [6.07, 6.45) is 2.65. The zero-order chi connectivity index (χ0) is 25.2. The third-order valence-electron chi connectivity index (χ3n) is 7.80. The Kier molecular flexibility index (Phi) is 10.6. The minimum absolute atomic E-state index is 0. The average Bonchev–Trinajstić information content (AvgIpc) is 2.85. The molecule has 37 heavy (non-hydrogen) atoms. The molecule has 4 rings (SSSR count). The Balaban J connectivity index is 0.00000241. The van der Waals surface area contributed by atoms with E-state index in [1.807, 2.05) is 36.4 Å². The van der Waals surface area contributed by atoms with E-state index in [1.54, 1.807) is 19.4 Å². The number of benzene rings is 2. The number of hydrogen-bond donors (Lipinski definition) is 2. The molecule has 8 heteroatoms. The highest BCUT2D eigenvalue weighted by molar-refractivity contribution is 5.97. The molecule has 0 aliphatic carbocycles. The van der Waals surface area contributed by atoms with E-state index in [-0.39, 0.29) is 42.2 Å². The highest BCUT2D eigenvalue weighted by Crippen LogP contribution is 2.40. The quantitative estimate of drug-likeness (QED) is 0.388. The van der Waals surface area contributed by atoms with E-state index < -0.39 is 0 Å². The molecule has 2 heterocycles. The van der Waals surface area contributed by atoms with Crippen molar-refractivity contribution in [2.24, 2.45) is 11.8 Å². The maximum Gasteiger partial charge on any atom is 0.253 e. The van der Waals surface area contributed by atoms with Crippen molar-refractivity contribution in [2.45, 2.75) is 45.6 Å². The summed E-state index contributed by atoms with van der Waals surface area (Å²) in [5.41, 5.74) is 2.58. The summed E-state index contributed by atoms with van der Waals surface area (Å²) in [5.74, 6) is 1.69. The number of halogens is 2. The summed E-state index contributed by atoms with van der Waals surface area (Å²) in [6.45, 7) is 11.6. The molecular weight excluding hydrogens is 509 g/mol. The molecule has 1 saturated heterocycles. The van der Waals surface area contributed by atoms with Crippen LogP contribution in [0.25, 0.3) is 10.9 Å². The van der Waals surface area contributed by atoms with Crippen LogP contribution < -0.4 is 10.1 Å². The van der Waals surface area contributed by atoms with Gasteiger partial charge in [0.15, 0.2) is 0 Å². The van der Waals surface area contributed by atoms with E-state index in [0.29, 0.717) is 23.1 Å². The second kappa shape index (κ2) is 12.8. The van der Waals surface area contributed by atoms with Crippen molar-refractivity contribution in [3.63, 3.8) is 0 Å². The first-order valence-corrected chi connectivity index (χ1v) is 12.5. The molecule has 2 N–H and O–H groups in total. The molecule has 0 saturated carbocycles. The molecule has 202 valence electrons. The Morgan fingerprint density at radius 3 is 2.62 bits per heavy atom. The summed E-state index contributed by atoms with van der Waals surface area (Å²) in [4.78, 5) is 20.1. The van der Waals surface area contributed by atoms with Crippen molar-refractivity contribution in [1.29, 1.82) is 0 Å². The van der Waals surface area contributed by atoms with Gasteiger partial charge < -0.3 is 20.1 Å². The fourth-order valence-corrected chi connectivity index (χ4v) is 5.08. The molecule has 1 aromatic heterocycles. The molecule has 1 aliphatic heterocycles. The monoisotopic (exact) mass is 547 g/mol. The van der Waals surface area contributed by atoms with Gasteiger partial charge in [0.1, 0.15) is 11.5 Å². The predicted molar refractivity (Wildman–Crippen MR) is 155 cm³/mol. The van der Waals surface area contributed by atoms with Crippen LogP contribution >= 0.6 is 24.8 Å². The van der Waals surface area contributed by atoms with E-state index in [1.165, 1.54) is 5.56 Å². The maximum atomic E-state index is 13.1. The molecule has 3 atom stereocenters. The first-order valence-electron chi connectivity index (χ1n) is 12.5. The zero-order valence-corrected chi connectivity index (χ0v) is 23.9. The van der Waals surface area contributed by atoms with Crippen LogP contribution in [0.2, 0.25) is 0 Å². The van der Waals surface area contributed by atoms with Gasteiger partial charge in [-0.15, -0.1) is 24.8 Å². The van der Waals surface area contributed by atoms with E-state index in [0.717, 1.165) is 42.7 Å². The average molecular weight is 549 g/mol. The molecule has 0 radical (unpaired) electrons. The fourth-order valence-electron chi connectivity index (χ4n) is 5.08. The van der Waals surface area contributed by atoms with Gasteiger partial charge >= 0.3 is 0 Å². The molecule has 0 spiro atoms. The summed E-state index contributed by atoms with van der Waals surface area (Å²) >= 11 is 0. The minimum atomic E-state index is -0.0939.